The molecule has 0 saturated heterocycles. The second-order valence-corrected chi connectivity index (χ2v) is 6.58. The van der Waals surface area contributed by atoms with Crippen LogP contribution >= 0.6 is 0 Å². The quantitative estimate of drug-likeness (QED) is 0.636. The van der Waals surface area contributed by atoms with Gasteiger partial charge in [0.25, 0.3) is 0 Å². The zero-order chi connectivity index (χ0) is 16.2. The van der Waals surface area contributed by atoms with E-state index in [0.29, 0.717) is 0 Å². The first-order valence-electron chi connectivity index (χ1n) is 6.07. The third-order valence-corrected chi connectivity index (χ3v) is 4.73. The number of hydrogen-bond donors (Lipinski definition) is 1. The maximum absolute atomic E-state index is 12.5. The van der Waals surface area contributed by atoms with Crippen molar-refractivity contribution in [2.75, 3.05) is 26.4 Å². The van der Waals surface area contributed by atoms with Crippen molar-refractivity contribution in [3.63, 3.8) is 0 Å². The highest BCUT2D eigenvalue weighted by Gasteiger charge is 2.28. The number of rotatable bonds is 5. The lowest BCUT2D eigenvalue weighted by atomic mass is 10.2. The number of carbonyl (C=O) groups excluding carboxylic acids is 1. The summed E-state index contributed by atoms with van der Waals surface area (Å²) in [6.07, 6.45) is 0. The minimum absolute atomic E-state index is 0.0177. The number of benzene rings is 1. The van der Waals surface area contributed by atoms with Crippen LogP contribution in [0.3, 0.4) is 0 Å². The molecular weight excluding hydrogens is 294 g/mol. The van der Waals surface area contributed by atoms with Crippen LogP contribution in [0.15, 0.2) is 23.1 Å². The summed E-state index contributed by atoms with van der Waals surface area (Å²) < 4.78 is 30.6. The maximum atomic E-state index is 12.5. The van der Waals surface area contributed by atoms with Crippen LogP contribution in [0.2, 0.25) is 0 Å². The minimum Gasteiger partial charge on any atom is -0.465 e. The lowest BCUT2D eigenvalue weighted by molar-refractivity contribution is 0.0596. The van der Waals surface area contributed by atoms with E-state index in [-0.39, 0.29) is 22.7 Å². The predicted molar refractivity (Wildman–Crippen MR) is 76.8 cm³/mol. The lowest BCUT2D eigenvalue weighted by Gasteiger charge is -2.19. The molecular formula is C13H17N3O4S. The third-order valence-electron chi connectivity index (χ3n) is 2.85. The van der Waals surface area contributed by atoms with Gasteiger partial charge in [0.05, 0.1) is 29.6 Å². The molecule has 7 nitrogen and oxygen atoms in total. The number of nitrogens with two attached hydrogens (primary N) is 1. The van der Waals surface area contributed by atoms with E-state index in [1.807, 2.05) is 6.07 Å². The van der Waals surface area contributed by atoms with Crippen LogP contribution in [0.25, 0.3) is 0 Å². The largest absolute Gasteiger partial charge is 0.465 e. The maximum Gasteiger partial charge on any atom is 0.339 e. The fourth-order valence-electron chi connectivity index (χ4n) is 1.73. The first-order chi connectivity index (χ1) is 9.73. The fraction of sp³-hybridized carbons (Fsp3) is 0.385. The first kappa shape index (κ1) is 16.9. The Balaban J connectivity index is 3.32. The normalized spacial score (nSPS) is 12.7. The number of sulfonamides is 1. The van der Waals surface area contributed by atoms with Crippen LogP contribution in [0.1, 0.15) is 17.3 Å². The number of nitrogens with zero attached hydrogens (tertiary/aromatic N) is 2. The van der Waals surface area contributed by atoms with E-state index < -0.39 is 21.9 Å². The Kier molecular flexibility index (Phi) is 5.29. The van der Waals surface area contributed by atoms with E-state index in [0.717, 1.165) is 11.4 Å². The average Bonchev–Trinajstić information content (AvgIpc) is 2.45. The van der Waals surface area contributed by atoms with Crippen LogP contribution in [0.4, 0.5) is 5.69 Å². The number of ether oxygens (including phenoxy) is 1. The molecule has 0 aliphatic rings. The number of methoxy groups -OCH3 is 1. The molecule has 0 fully saturated rings. The second-order valence-electron chi connectivity index (χ2n) is 4.56. The molecule has 1 aromatic rings. The van der Waals surface area contributed by atoms with Gasteiger partial charge in [-0.25, -0.2) is 13.2 Å². The van der Waals surface area contributed by atoms with Crippen molar-refractivity contribution in [1.29, 1.82) is 5.26 Å². The van der Waals surface area contributed by atoms with Gasteiger partial charge in [-0.05, 0) is 25.1 Å². The summed E-state index contributed by atoms with van der Waals surface area (Å²) in [5, 5.41) is 8.78. The summed E-state index contributed by atoms with van der Waals surface area (Å²) in [7, 11) is -1.42. The molecule has 0 aliphatic heterocycles. The molecule has 1 rings (SSSR count). The standard InChI is InChI=1S/C13H17N3O4S/c1-9(7-14)8-16(2)21(18,19)12-5-4-10(15)6-11(12)13(17)20-3/h4-6,9H,8,15H2,1-3H3. The number of anilines is 1. The van der Waals surface area contributed by atoms with Crippen molar-refractivity contribution in [3.05, 3.63) is 23.8 Å². The van der Waals surface area contributed by atoms with Gasteiger partial charge in [-0.15, -0.1) is 0 Å². The molecule has 8 heteroatoms. The van der Waals surface area contributed by atoms with Crippen molar-refractivity contribution < 1.29 is 17.9 Å². The van der Waals surface area contributed by atoms with Gasteiger partial charge in [-0.1, -0.05) is 0 Å². The van der Waals surface area contributed by atoms with Gasteiger partial charge >= 0.3 is 5.97 Å². The van der Waals surface area contributed by atoms with E-state index in [2.05, 4.69) is 4.74 Å². The zero-order valence-corrected chi connectivity index (χ0v) is 12.8. The van der Waals surface area contributed by atoms with Crippen LogP contribution in [0, 0.1) is 17.2 Å². The van der Waals surface area contributed by atoms with E-state index in [1.54, 1.807) is 6.92 Å². The summed E-state index contributed by atoms with van der Waals surface area (Å²) in [4.78, 5) is 11.5. The Bertz CT molecular complexity index is 679. The lowest BCUT2D eigenvalue weighted by Crippen LogP contribution is -2.32. The molecule has 114 valence electrons. The monoisotopic (exact) mass is 311 g/mol. The minimum atomic E-state index is -3.92. The number of nitrogen functional groups attached to an aromatic ring is 1. The number of nitriles is 1. The van der Waals surface area contributed by atoms with Crippen molar-refractivity contribution in [3.8, 4) is 6.07 Å². The zero-order valence-electron chi connectivity index (χ0n) is 12.0. The molecule has 21 heavy (non-hydrogen) atoms. The average molecular weight is 311 g/mol. The Morgan fingerprint density at radius 2 is 2.14 bits per heavy atom. The number of esters is 1. The van der Waals surface area contributed by atoms with Gasteiger partial charge in [0.1, 0.15) is 0 Å². The highest BCUT2D eigenvalue weighted by atomic mass is 32.2. The predicted octanol–water partition coefficient (Wildman–Crippen LogP) is 0.836. The molecule has 0 amide bonds. The number of carbonyl (C=O) groups is 1. The summed E-state index contributed by atoms with van der Waals surface area (Å²) in [5.74, 6) is -1.26. The second kappa shape index (κ2) is 6.56. The molecule has 0 heterocycles. The Labute approximate surface area is 124 Å². The van der Waals surface area contributed by atoms with E-state index in [9.17, 15) is 13.2 Å². The summed E-state index contributed by atoms with van der Waals surface area (Å²) in [6.45, 7) is 1.63. The summed E-state index contributed by atoms with van der Waals surface area (Å²) in [6, 6.07) is 5.85. The molecule has 1 unspecified atom stereocenters. The molecule has 1 atom stereocenters. The first-order valence-corrected chi connectivity index (χ1v) is 7.51. The molecule has 1 aromatic carbocycles. The van der Waals surface area contributed by atoms with Gasteiger partial charge < -0.3 is 10.5 Å². The third kappa shape index (κ3) is 3.71. The Hall–Kier alpha value is -2.11. The number of hydrogen-bond acceptors (Lipinski definition) is 6. The van der Waals surface area contributed by atoms with Crippen molar-refractivity contribution in [2.45, 2.75) is 11.8 Å². The SMILES string of the molecule is COC(=O)c1cc(N)ccc1S(=O)(=O)N(C)CC(C)C#N. The van der Waals surface area contributed by atoms with Crippen LogP contribution < -0.4 is 5.73 Å². The molecule has 0 radical (unpaired) electrons. The van der Waals surface area contributed by atoms with Gasteiger partial charge in [0.2, 0.25) is 10.0 Å². The molecule has 0 aromatic heterocycles. The highest BCUT2D eigenvalue weighted by molar-refractivity contribution is 7.89. The topological polar surface area (TPSA) is 113 Å². The molecule has 0 bridgehead atoms. The van der Waals surface area contributed by atoms with Crippen molar-refractivity contribution in [2.24, 2.45) is 5.92 Å². The van der Waals surface area contributed by atoms with Crippen LogP contribution in [-0.4, -0.2) is 39.4 Å². The van der Waals surface area contributed by atoms with E-state index in [4.69, 9.17) is 11.0 Å². The summed E-state index contributed by atoms with van der Waals surface area (Å²) >= 11 is 0. The van der Waals surface area contributed by atoms with Gasteiger partial charge in [0.15, 0.2) is 0 Å². The smallest absolute Gasteiger partial charge is 0.339 e. The molecule has 0 saturated carbocycles. The van der Waals surface area contributed by atoms with Crippen molar-refractivity contribution >= 4 is 21.7 Å². The van der Waals surface area contributed by atoms with Crippen LogP contribution in [0.5, 0.6) is 0 Å². The van der Waals surface area contributed by atoms with Gasteiger partial charge in [0, 0.05) is 19.3 Å². The molecule has 2 N–H and O–H groups in total. The van der Waals surface area contributed by atoms with Gasteiger partial charge in [-0.2, -0.15) is 9.57 Å². The van der Waals surface area contributed by atoms with E-state index >= 15 is 0 Å². The molecule has 0 spiro atoms. The Morgan fingerprint density at radius 1 is 1.52 bits per heavy atom. The van der Waals surface area contributed by atoms with E-state index in [1.165, 1.54) is 25.2 Å². The van der Waals surface area contributed by atoms with Gasteiger partial charge in [-0.3, -0.25) is 0 Å². The van der Waals surface area contributed by atoms with Crippen molar-refractivity contribution in [1.82, 2.24) is 4.31 Å². The summed E-state index contributed by atoms with van der Waals surface area (Å²) in [5.41, 5.74) is 5.70. The molecule has 0 aliphatic carbocycles. The fourth-order valence-corrected chi connectivity index (χ4v) is 3.15. The highest BCUT2D eigenvalue weighted by Crippen LogP contribution is 2.23. The van der Waals surface area contributed by atoms with Crippen LogP contribution in [-0.2, 0) is 14.8 Å². The Morgan fingerprint density at radius 3 is 2.67 bits per heavy atom.